The quantitative estimate of drug-likeness (QED) is 0.181. The molecule has 15 heteroatoms. The predicted molar refractivity (Wildman–Crippen MR) is 116 cm³/mol. The first-order valence-corrected chi connectivity index (χ1v) is 9.86. The molecule has 0 fully saturated rings. The average Bonchev–Trinajstić information content (AvgIpc) is 2.76. The van der Waals surface area contributed by atoms with Crippen molar-refractivity contribution in [3.8, 4) is 22.3 Å². The summed E-state index contributed by atoms with van der Waals surface area (Å²) < 4.78 is 109. The van der Waals surface area contributed by atoms with Crippen molar-refractivity contribution in [3.05, 3.63) is 75.3 Å². The Labute approximate surface area is 200 Å². The number of nitrogen functional groups attached to an aromatic ring is 2. The van der Waals surface area contributed by atoms with Crippen LogP contribution in [0.1, 0.15) is 11.1 Å². The van der Waals surface area contributed by atoms with E-state index in [0.717, 1.165) is 6.07 Å². The molecule has 0 saturated heterocycles. The van der Waals surface area contributed by atoms with E-state index in [2.05, 4.69) is 9.97 Å². The SMILES string of the molecule is Nc1nc2cc(-c3cc(F)cc(C(F)(F)F)c3)c([N+](=O)[O-])c(-c3cc(F)cc(C(F)(F)F)c3)c2nc1N. The van der Waals surface area contributed by atoms with Crippen LogP contribution in [0.4, 0.5) is 52.4 Å². The molecular formula is C22H11F8N5O2. The third-order valence-electron chi connectivity index (χ3n) is 5.22. The van der Waals surface area contributed by atoms with E-state index in [1.165, 1.54) is 0 Å². The number of halogens is 8. The highest BCUT2D eigenvalue weighted by Crippen LogP contribution is 2.46. The van der Waals surface area contributed by atoms with Gasteiger partial charge in [-0.25, -0.2) is 18.7 Å². The molecule has 0 atom stereocenters. The first-order valence-electron chi connectivity index (χ1n) is 9.86. The van der Waals surface area contributed by atoms with Gasteiger partial charge in [0.2, 0.25) is 0 Å². The lowest BCUT2D eigenvalue weighted by atomic mass is 9.92. The fraction of sp³-hybridized carbons (Fsp3) is 0.0909. The van der Waals surface area contributed by atoms with Gasteiger partial charge in [0.05, 0.1) is 32.7 Å². The van der Waals surface area contributed by atoms with Gasteiger partial charge in [0.1, 0.15) is 17.2 Å². The molecular weight excluding hydrogens is 518 g/mol. The van der Waals surface area contributed by atoms with Crippen LogP contribution in [-0.4, -0.2) is 14.9 Å². The average molecular weight is 529 g/mol. The summed E-state index contributed by atoms with van der Waals surface area (Å²) >= 11 is 0. The standard InChI is InChI=1S/C22H11F8N5O2/c23-12-3-8(1-10(5-12)21(25,26)27)14-7-15-17(34-20(32)19(31)33-15)16(18(14)35(36)37)9-2-11(22(28,29)30)6-13(24)4-9/h1-7H,(H2,31,33)(H2,32,34). The van der Waals surface area contributed by atoms with Gasteiger partial charge < -0.3 is 11.5 Å². The third kappa shape index (κ3) is 4.79. The largest absolute Gasteiger partial charge is 0.416 e. The number of fused-ring (bicyclic) bond motifs is 1. The lowest BCUT2D eigenvalue weighted by Gasteiger charge is -2.15. The van der Waals surface area contributed by atoms with Crippen molar-refractivity contribution in [2.45, 2.75) is 12.4 Å². The van der Waals surface area contributed by atoms with Crippen LogP contribution in [0.2, 0.25) is 0 Å². The minimum absolute atomic E-state index is 0.140. The zero-order valence-corrected chi connectivity index (χ0v) is 17.9. The second-order valence-corrected chi connectivity index (χ2v) is 7.72. The number of alkyl halides is 6. The van der Waals surface area contributed by atoms with Crippen molar-refractivity contribution in [2.24, 2.45) is 0 Å². The van der Waals surface area contributed by atoms with Crippen LogP contribution in [0.15, 0.2) is 42.5 Å². The summed E-state index contributed by atoms with van der Waals surface area (Å²) in [6, 6.07) is 3.02. The van der Waals surface area contributed by atoms with Crippen LogP contribution in [0.5, 0.6) is 0 Å². The molecule has 0 spiro atoms. The molecule has 0 unspecified atom stereocenters. The van der Waals surface area contributed by atoms with Crippen LogP contribution in [0.25, 0.3) is 33.3 Å². The molecule has 37 heavy (non-hydrogen) atoms. The van der Waals surface area contributed by atoms with Gasteiger partial charge in [0.25, 0.3) is 5.69 Å². The van der Waals surface area contributed by atoms with Crippen LogP contribution in [0.3, 0.4) is 0 Å². The van der Waals surface area contributed by atoms with E-state index in [4.69, 9.17) is 11.5 Å². The molecule has 0 amide bonds. The Kier molecular flexibility index (Phi) is 5.89. The Balaban J connectivity index is 2.21. The minimum atomic E-state index is -5.07. The fourth-order valence-electron chi connectivity index (χ4n) is 3.70. The second kappa shape index (κ2) is 8.53. The normalized spacial score (nSPS) is 12.2. The Morgan fingerprint density at radius 3 is 1.73 bits per heavy atom. The van der Waals surface area contributed by atoms with Gasteiger partial charge in [0.15, 0.2) is 11.6 Å². The molecule has 0 aliphatic heterocycles. The summed E-state index contributed by atoms with van der Waals surface area (Å²) in [6.07, 6.45) is -10.1. The minimum Gasteiger partial charge on any atom is -0.381 e. The van der Waals surface area contributed by atoms with Gasteiger partial charge in [-0.3, -0.25) is 10.1 Å². The highest BCUT2D eigenvalue weighted by Gasteiger charge is 2.35. The number of hydrogen-bond donors (Lipinski definition) is 2. The number of nitro benzene ring substituents is 1. The highest BCUT2D eigenvalue weighted by molar-refractivity contribution is 6.04. The Morgan fingerprint density at radius 2 is 1.22 bits per heavy atom. The molecule has 0 bridgehead atoms. The van der Waals surface area contributed by atoms with E-state index < -0.39 is 85.1 Å². The lowest BCUT2D eigenvalue weighted by molar-refractivity contribution is -0.383. The first-order chi connectivity index (χ1) is 17.1. The maximum absolute atomic E-state index is 14.3. The number of nitro groups is 1. The summed E-state index contributed by atoms with van der Waals surface area (Å²) in [7, 11) is 0. The smallest absolute Gasteiger partial charge is 0.381 e. The summed E-state index contributed by atoms with van der Waals surface area (Å²) in [5, 5.41) is 12.2. The maximum atomic E-state index is 14.3. The van der Waals surface area contributed by atoms with E-state index >= 15 is 0 Å². The van der Waals surface area contributed by atoms with Crippen molar-refractivity contribution < 1.29 is 40.0 Å². The van der Waals surface area contributed by atoms with Crippen molar-refractivity contribution >= 4 is 28.4 Å². The number of nitrogens with two attached hydrogens (primary N) is 2. The van der Waals surface area contributed by atoms with E-state index in [0.29, 0.717) is 24.3 Å². The Morgan fingerprint density at radius 1 is 0.730 bits per heavy atom. The zero-order chi connectivity index (χ0) is 27.4. The van der Waals surface area contributed by atoms with Crippen molar-refractivity contribution in [1.82, 2.24) is 9.97 Å². The molecule has 4 N–H and O–H groups in total. The molecule has 0 saturated carbocycles. The summed E-state index contributed by atoms with van der Waals surface area (Å²) in [5.41, 5.74) is 3.51. The molecule has 1 aromatic heterocycles. The molecule has 4 aromatic rings. The van der Waals surface area contributed by atoms with Crippen molar-refractivity contribution in [1.29, 1.82) is 0 Å². The first kappa shape index (κ1) is 25.5. The molecule has 192 valence electrons. The molecule has 0 aliphatic rings. The van der Waals surface area contributed by atoms with Gasteiger partial charge in [-0.05, 0) is 53.6 Å². The molecule has 1 heterocycles. The number of benzene rings is 3. The predicted octanol–water partition coefficient (Wildman–Crippen LogP) is 6.35. The number of anilines is 2. The van der Waals surface area contributed by atoms with Gasteiger partial charge in [-0.2, -0.15) is 26.3 Å². The topological polar surface area (TPSA) is 121 Å². The van der Waals surface area contributed by atoms with E-state index in [9.17, 15) is 45.2 Å². The molecule has 4 rings (SSSR count). The molecule has 0 aliphatic carbocycles. The van der Waals surface area contributed by atoms with Gasteiger partial charge in [0, 0.05) is 0 Å². The molecule has 3 aromatic carbocycles. The number of aromatic nitrogens is 2. The van der Waals surface area contributed by atoms with E-state index in [1.807, 2.05) is 0 Å². The Bertz CT molecular complexity index is 1580. The van der Waals surface area contributed by atoms with E-state index in [-0.39, 0.29) is 17.6 Å². The van der Waals surface area contributed by atoms with Gasteiger partial charge in [-0.1, -0.05) is 0 Å². The summed E-state index contributed by atoms with van der Waals surface area (Å²) in [6.45, 7) is 0. The molecule has 0 radical (unpaired) electrons. The number of hydrogen-bond acceptors (Lipinski definition) is 6. The monoisotopic (exact) mass is 529 g/mol. The fourth-order valence-corrected chi connectivity index (χ4v) is 3.70. The van der Waals surface area contributed by atoms with E-state index in [1.54, 1.807) is 0 Å². The van der Waals surface area contributed by atoms with Crippen LogP contribution in [0, 0.1) is 21.7 Å². The Hall–Kier alpha value is -4.56. The number of rotatable bonds is 3. The van der Waals surface area contributed by atoms with Crippen LogP contribution >= 0.6 is 0 Å². The summed E-state index contributed by atoms with van der Waals surface area (Å²) in [5.74, 6) is -3.73. The third-order valence-corrected chi connectivity index (χ3v) is 5.22. The van der Waals surface area contributed by atoms with Crippen molar-refractivity contribution in [3.63, 3.8) is 0 Å². The van der Waals surface area contributed by atoms with Crippen LogP contribution < -0.4 is 11.5 Å². The molecule has 7 nitrogen and oxygen atoms in total. The van der Waals surface area contributed by atoms with Gasteiger partial charge >= 0.3 is 12.4 Å². The lowest BCUT2D eigenvalue weighted by Crippen LogP contribution is -2.08. The van der Waals surface area contributed by atoms with Crippen LogP contribution in [-0.2, 0) is 12.4 Å². The second-order valence-electron chi connectivity index (χ2n) is 7.72. The number of nitrogens with zero attached hydrogens (tertiary/aromatic N) is 3. The maximum Gasteiger partial charge on any atom is 0.416 e. The highest BCUT2D eigenvalue weighted by atomic mass is 19.4. The zero-order valence-electron chi connectivity index (χ0n) is 17.9. The van der Waals surface area contributed by atoms with Crippen molar-refractivity contribution in [2.75, 3.05) is 11.5 Å². The summed E-state index contributed by atoms with van der Waals surface area (Å²) in [4.78, 5) is 18.8. The van der Waals surface area contributed by atoms with Gasteiger partial charge in [-0.15, -0.1) is 0 Å².